The molecule has 0 unspecified atom stereocenters. The fraction of sp³-hybridized carbons (Fsp3) is 0.273. The normalized spacial score (nSPS) is 16.4. The zero-order valence-electron chi connectivity index (χ0n) is 16.2. The second kappa shape index (κ2) is 8.68. The maximum Gasteiger partial charge on any atom is 0.259 e. The molecule has 0 aliphatic carbocycles. The fourth-order valence-electron chi connectivity index (χ4n) is 3.57. The molecule has 1 aliphatic heterocycles. The van der Waals surface area contributed by atoms with Gasteiger partial charge in [-0.05, 0) is 50.6 Å². The van der Waals surface area contributed by atoms with Crippen molar-refractivity contribution < 1.29 is 4.79 Å². The van der Waals surface area contributed by atoms with Crippen molar-refractivity contribution in [3.63, 3.8) is 0 Å². The molecule has 1 atom stereocenters. The van der Waals surface area contributed by atoms with E-state index in [1.165, 1.54) is 0 Å². The van der Waals surface area contributed by atoms with E-state index in [2.05, 4.69) is 20.3 Å². The Morgan fingerprint density at radius 2 is 2.03 bits per heavy atom. The largest absolute Gasteiger partial charge is 0.315 e. The molecule has 1 aliphatic rings. The predicted molar refractivity (Wildman–Crippen MR) is 114 cm³/mol. The van der Waals surface area contributed by atoms with Crippen LogP contribution in [0.3, 0.4) is 0 Å². The summed E-state index contributed by atoms with van der Waals surface area (Å²) in [6, 6.07) is 11.0. The maximum absolute atomic E-state index is 13.5. The molecule has 0 radical (unpaired) electrons. The number of aryl methyl sites for hydroxylation is 1. The van der Waals surface area contributed by atoms with Crippen molar-refractivity contribution in [1.29, 1.82) is 0 Å². The van der Waals surface area contributed by atoms with Gasteiger partial charge in [0, 0.05) is 30.1 Å². The number of piperidine rings is 1. The van der Waals surface area contributed by atoms with Crippen molar-refractivity contribution in [3.05, 3.63) is 71.3 Å². The number of nitrogens with one attached hydrogen (secondary N) is 1. The lowest BCUT2D eigenvalue weighted by Gasteiger charge is -2.34. The summed E-state index contributed by atoms with van der Waals surface area (Å²) in [5, 5.41) is 3.84. The first-order valence-corrected chi connectivity index (χ1v) is 10.0. The van der Waals surface area contributed by atoms with Crippen molar-refractivity contribution in [3.8, 4) is 11.3 Å². The number of hydrogen-bond donors (Lipinski definition) is 1. The molecule has 1 aromatic carbocycles. The van der Waals surface area contributed by atoms with Crippen LogP contribution in [0.1, 0.15) is 28.9 Å². The van der Waals surface area contributed by atoms with E-state index < -0.39 is 0 Å². The lowest BCUT2D eigenvalue weighted by molar-refractivity contribution is 0.0971. The van der Waals surface area contributed by atoms with E-state index in [-0.39, 0.29) is 11.9 Å². The summed E-state index contributed by atoms with van der Waals surface area (Å²) in [4.78, 5) is 28.3. The van der Waals surface area contributed by atoms with Gasteiger partial charge >= 0.3 is 0 Å². The number of amides is 1. The lowest BCUT2D eigenvalue weighted by Crippen LogP contribution is -2.49. The number of anilines is 1. The van der Waals surface area contributed by atoms with E-state index in [1.54, 1.807) is 35.6 Å². The van der Waals surface area contributed by atoms with Crippen LogP contribution in [0, 0.1) is 6.92 Å². The SMILES string of the molecule is Cc1cncc(-c2ccc(C(=O)N(c3ncccc3Cl)[C@@H]3CCCNC3)cc2)n1. The van der Waals surface area contributed by atoms with Gasteiger partial charge in [-0.1, -0.05) is 23.7 Å². The van der Waals surface area contributed by atoms with Crippen LogP contribution in [0.2, 0.25) is 5.02 Å². The Hall–Kier alpha value is -2.83. The maximum atomic E-state index is 13.5. The van der Waals surface area contributed by atoms with Gasteiger partial charge in [0.05, 0.1) is 28.6 Å². The molecule has 1 saturated heterocycles. The predicted octanol–water partition coefficient (Wildman–Crippen LogP) is 3.90. The molecule has 0 saturated carbocycles. The minimum atomic E-state index is -0.110. The van der Waals surface area contributed by atoms with Gasteiger partial charge in [-0.3, -0.25) is 14.7 Å². The summed E-state index contributed by atoms with van der Waals surface area (Å²) in [6.45, 7) is 3.58. The molecule has 1 N–H and O–H groups in total. The van der Waals surface area contributed by atoms with E-state index >= 15 is 0 Å². The van der Waals surface area contributed by atoms with Crippen LogP contribution in [0.5, 0.6) is 0 Å². The van der Waals surface area contributed by atoms with Gasteiger partial charge in [-0.25, -0.2) is 9.97 Å². The van der Waals surface area contributed by atoms with Crippen LogP contribution in [0.15, 0.2) is 55.0 Å². The Kier molecular flexibility index (Phi) is 5.83. The number of rotatable bonds is 4. The number of carbonyl (C=O) groups excluding carboxylic acids is 1. The molecule has 7 heteroatoms. The van der Waals surface area contributed by atoms with E-state index in [4.69, 9.17) is 11.6 Å². The molecule has 0 spiro atoms. The Morgan fingerprint density at radius 3 is 2.72 bits per heavy atom. The highest BCUT2D eigenvalue weighted by molar-refractivity contribution is 6.33. The number of nitrogens with zero attached hydrogens (tertiary/aromatic N) is 4. The number of halogens is 1. The van der Waals surface area contributed by atoms with Crippen molar-refractivity contribution in [1.82, 2.24) is 20.3 Å². The van der Waals surface area contributed by atoms with Crippen molar-refractivity contribution in [2.75, 3.05) is 18.0 Å². The molecule has 148 valence electrons. The first kappa shape index (κ1) is 19.5. The Morgan fingerprint density at radius 1 is 1.21 bits per heavy atom. The van der Waals surface area contributed by atoms with Gasteiger partial charge in [0.1, 0.15) is 0 Å². The third-order valence-corrected chi connectivity index (χ3v) is 5.30. The Bertz CT molecular complexity index is 1000. The Labute approximate surface area is 175 Å². The number of benzene rings is 1. The van der Waals surface area contributed by atoms with Crippen molar-refractivity contribution >= 4 is 23.3 Å². The number of hydrogen-bond acceptors (Lipinski definition) is 5. The summed E-state index contributed by atoms with van der Waals surface area (Å²) in [7, 11) is 0. The van der Waals surface area contributed by atoms with Gasteiger partial charge in [0.2, 0.25) is 0 Å². The second-order valence-corrected chi connectivity index (χ2v) is 7.51. The molecular formula is C22H22ClN5O. The van der Waals surface area contributed by atoms with Gasteiger partial charge < -0.3 is 5.32 Å². The lowest BCUT2D eigenvalue weighted by atomic mass is 10.0. The smallest absolute Gasteiger partial charge is 0.259 e. The highest BCUT2D eigenvalue weighted by Gasteiger charge is 2.30. The minimum absolute atomic E-state index is 0.00552. The second-order valence-electron chi connectivity index (χ2n) is 7.11. The quantitative estimate of drug-likeness (QED) is 0.710. The van der Waals surface area contributed by atoms with Gasteiger partial charge in [-0.2, -0.15) is 0 Å². The monoisotopic (exact) mass is 407 g/mol. The zero-order chi connectivity index (χ0) is 20.2. The molecule has 0 bridgehead atoms. The summed E-state index contributed by atoms with van der Waals surface area (Å²) in [5.41, 5.74) is 3.13. The van der Waals surface area contributed by atoms with Crippen LogP contribution < -0.4 is 10.2 Å². The molecule has 4 rings (SSSR count). The van der Waals surface area contributed by atoms with E-state index in [9.17, 15) is 4.79 Å². The third kappa shape index (κ3) is 4.28. The summed E-state index contributed by atoms with van der Waals surface area (Å²) >= 11 is 6.40. The van der Waals surface area contributed by atoms with Crippen molar-refractivity contribution in [2.24, 2.45) is 0 Å². The fourth-order valence-corrected chi connectivity index (χ4v) is 3.78. The number of carbonyl (C=O) groups is 1. The molecule has 3 heterocycles. The summed E-state index contributed by atoms with van der Waals surface area (Å²) in [5.74, 6) is 0.391. The number of pyridine rings is 1. The number of aromatic nitrogens is 3. The molecule has 6 nitrogen and oxygen atoms in total. The summed E-state index contributed by atoms with van der Waals surface area (Å²) in [6.07, 6.45) is 7.01. The average Bonchev–Trinajstić information content (AvgIpc) is 2.76. The third-order valence-electron chi connectivity index (χ3n) is 5.00. The van der Waals surface area contributed by atoms with E-state index in [0.29, 0.717) is 16.4 Å². The van der Waals surface area contributed by atoms with Crippen LogP contribution in [-0.2, 0) is 0 Å². The average molecular weight is 408 g/mol. The van der Waals surface area contributed by atoms with Crippen molar-refractivity contribution in [2.45, 2.75) is 25.8 Å². The topological polar surface area (TPSA) is 71.0 Å². The first-order valence-electron chi connectivity index (χ1n) is 9.67. The summed E-state index contributed by atoms with van der Waals surface area (Å²) < 4.78 is 0. The minimum Gasteiger partial charge on any atom is -0.315 e. The first-order chi connectivity index (χ1) is 14.1. The highest BCUT2D eigenvalue weighted by Crippen LogP contribution is 2.28. The van der Waals surface area contributed by atoms with E-state index in [1.807, 2.05) is 31.2 Å². The standard InChI is InChI=1S/C22H22ClN5O/c1-15-12-25-14-20(27-15)16-6-8-17(9-7-16)22(29)28(18-4-2-10-24-13-18)21-19(23)5-3-11-26-21/h3,5-9,11-12,14,18,24H,2,4,10,13H2,1H3/t18-/m1/s1. The van der Waals surface area contributed by atoms with Crippen LogP contribution >= 0.6 is 11.6 Å². The molecule has 1 fully saturated rings. The Balaban J connectivity index is 1.66. The van der Waals surface area contributed by atoms with Crippen LogP contribution in [0.4, 0.5) is 5.82 Å². The molecule has 2 aromatic heterocycles. The van der Waals surface area contributed by atoms with Crippen LogP contribution in [0.25, 0.3) is 11.3 Å². The highest BCUT2D eigenvalue weighted by atomic mass is 35.5. The van der Waals surface area contributed by atoms with Crippen LogP contribution in [-0.4, -0.2) is 40.0 Å². The van der Waals surface area contributed by atoms with Gasteiger partial charge in [0.25, 0.3) is 5.91 Å². The molecular weight excluding hydrogens is 386 g/mol. The molecule has 1 amide bonds. The zero-order valence-corrected chi connectivity index (χ0v) is 16.9. The molecule has 29 heavy (non-hydrogen) atoms. The van der Waals surface area contributed by atoms with E-state index in [0.717, 1.165) is 42.9 Å². The van der Waals surface area contributed by atoms with Gasteiger partial charge in [-0.15, -0.1) is 0 Å². The van der Waals surface area contributed by atoms with Gasteiger partial charge in [0.15, 0.2) is 5.82 Å². The molecule has 3 aromatic rings.